The number of pyridine rings is 1. The highest BCUT2D eigenvalue weighted by Crippen LogP contribution is 2.37. The summed E-state index contributed by atoms with van der Waals surface area (Å²) < 4.78 is 11.7. The average molecular weight is 357 g/mol. The quantitative estimate of drug-likeness (QED) is 0.828. The number of rotatable bonds is 4. The van der Waals surface area contributed by atoms with Gasteiger partial charge in [0.15, 0.2) is 6.61 Å². The van der Waals surface area contributed by atoms with Gasteiger partial charge < -0.3 is 14.4 Å². The Bertz CT molecular complexity index is 744. The van der Waals surface area contributed by atoms with Gasteiger partial charge in [-0.15, -0.1) is 0 Å². The van der Waals surface area contributed by atoms with Gasteiger partial charge in [0, 0.05) is 25.1 Å². The fourth-order valence-corrected chi connectivity index (χ4v) is 3.65. The van der Waals surface area contributed by atoms with Crippen LogP contribution < -0.4 is 4.74 Å². The van der Waals surface area contributed by atoms with Crippen LogP contribution in [0.5, 0.6) is 5.88 Å². The van der Waals surface area contributed by atoms with Gasteiger partial charge in [0.1, 0.15) is 11.6 Å². The molecule has 0 aliphatic carbocycles. The van der Waals surface area contributed by atoms with Crippen LogP contribution in [0.2, 0.25) is 0 Å². The Morgan fingerprint density at radius 1 is 1.35 bits per heavy atom. The molecule has 0 bridgehead atoms. The lowest BCUT2D eigenvalue weighted by atomic mass is 9.86. The predicted octanol–water partition coefficient (Wildman–Crippen LogP) is 2.93. The molecule has 1 saturated heterocycles. The lowest BCUT2D eigenvalue weighted by molar-refractivity contribution is -0.132. The van der Waals surface area contributed by atoms with Crippen molar-refractivity contribution < 1.29 is 14.3 Å². The smallest absolute Gasteiger partial charge is 0.260 e. The number of hydrogen-bond donors (Lipinski definition) is 0. The molecule has 6 nitrogen and oxygen atoms in total. The van der Waals surface area contributed by atoms with Gasteiger partial charge >= 0.3 is 0 Å². The third-order valence-electron chi connectivity index (χ3n) is 5.07. The zero-order chi connectivity index (χ0) is 18.9. The van der Waals surface area contributed by atoms with Crippen LogP contribution in [-0.2, 0) is 22.6 Å². The monoisotopic (exact) mass is 357 g/mol. The molecular weight excluding hydrogens is 330 g/mol. The fraction of sp³-hybridized carbons (Fsp3) is 0.650. The third-order valence-corrected chi connectivity index (χ3v) is 5.07. The number of aromatic nitrogens is 1. The van der Waals surface area contributed by atoms with E-state index in [0.717, 1.165) is 42.8 Å². The summed E-state index contributed by atoms with van der Waals surface area (Å²) in [4.78, 5) is 18.7. The number of nitriles is 1. The fourth-order valence-electron chi connectivity index (χ4n) is 3.65. The van der Waals surface area contributed by atoms with E-state index in [1.165, 1.54) is 0 Å². The van der Waals surface area contributed by atoms with E-state index in [9.17, 15) is 10.1 Å². The number of carbonyl (C=O) groups is 1. The summed E-state index contributed by atoms with van der Waals surface area (Å²) in [5.74, 6) is 0.416. The predicted molar refractivity (Wildman–Crippen MR) is 96.9 cm³/mol. The molecule has 6 heteroatoms. The van der Waals surface area contributed by atoms with Crippen molar-refractivity contribution >= 4 is 5.91 Å². The van der Waals surface area contributed by atoms with Crippen molar-refractivity contribution in [1.82, 2.24) is 9.88 Å². The van der Waals surface area contributed by atoms with E-state index in [4.69, 9.17) is 9.47 Å². The molecule has 0 atom stereocenters. The average Bonchev–Trinajstić information content (AvgIpc) is 3.12. The summed E-state index contributed by atoms with van der Waals surface area (Å²) in [5, 5.41) is 9.74. The van der Waals surface area contributed by atoms with Crippen LogP contribution in [-0.4, -0.2) is 41.1 Å². The van der Waals surface area contributed by atoms with Gasteiger partial charge in [-0.25, -0.2) is 4.98 Å². The van der Waals surface area contributed by atoms with E-state index in [0.29, 0.717) is 18.6 Å². The van der Waals surface area contributed by atoms with Crippen molar-refractivity contribution in [2.75, 3.05) is 19.7 Å². The summed E-state index contributed by atoms with van der Waals surface area (Å²) in [7, 11) is 0. The van der Waals surface area contributed by atoms with Crippen LogP contribution in [0, 0.1) is 11.3 Å². The molecule has 1 aromatic rings. The van der Waals surface area contributed by atoms with E-state index in [2.05, 4.69) is 24.9 Å². The molecule has 2 aliphatic rings. The van der Waals surface area contributed by atoms with Crippen molar-refractivity contribution in [2.45, 2.75) is 65.1 Å². The van der Waals surface area contributed by atoms with E-state index < -0.39 is 0 Å². The van der Waals surface area contributed by atoms with E-state index in [-0.39, 0.29) is 29.9 Å². The van der Waals surface area contributed by atoms with Crippen molar-refractivity contribution in [1.29, 1.82) is 5.26 Å². The highest BCUT2D eigenvalue weighted by atomic mass is 16.5. The van der Waals surface area contributed by atoms with Crippen molar-refractivity contribution in [3.05, 3.63) is 22.4 Å². The van der Waals surface area contributed by atoms with Crippen molar-refractivity contribution in [2.24, 2.45) is 0 Å². The second-order valence-electron chi connectivity index (χ2n) is 8.00. The maximum absolute atomic E-state index is 12.3. The van der Waals surface area contributed by atoms with Gasteiger partial charge in [0.2, 0.25) is 5.88 Å². The molecule has 3 rings (SSSR count). The number of carbonyl (C=O) groups excluding carboxylic acids is 1. The molecule has 1 fully saturated rings. The standard InChI is InChI=1S/C20H27N3O3/c1-13(2)18-16-11-26-20(3,4)9-14(16)15(10-21)19(22-18)25-12-17(24)23-7-5-6-8-23/h13H,5-9,11-12H2,1-4H3. The van der Waals surface area contributed by atoms with Gasteiger partial charge in [-0.3, -0.25) is 4.79 Å². The number of fused-ring (bicyclic) bond motifs is 1. The Morgan fingerprint density at radius 3 is 2.65 bits per heavy atom. The minimum Gasteiger partial charge on any atom is -0.467 e. The zero-order valence-corrected chi connectivity index (χ0v) is 16.1. The van der Waals surface area contributed by atoms with Gasteiger partial charge in [-0.1, -0.05) is 13.8 Å². The van der Waals surface area contributed by atoms with Crippen molar-refractivity contribution in [3.63, 3.8) is 0 Å². The number of ether oxygens (including phenoxy) is 2. The SMILES string of the molecule is CC(C)c1nc(OCC(=O)N2CCCC2)c(C#N)c2c1COC(C)(C)C2. The Labute approximate surface area is 155 Å². The number of likely N-dealkylation sites (tertiary alicyclic amines) is 1. The molecule has 1 amide bonds. The molecule has 0 saturated carbocycles. The summed E-state index contributed by atoms with van der Waals surface area (Å²) >= 11 is 0. The summed E-state index contributed by atoms with van der Waals surface area (Å²) in [5.41, 5.74) is 2.94. The maximum atomic E-state index is 12.3. The lowest BCUT2D eigenvalue weighted by Gasteiger charge is -2.34. The lowest BCUT2D eigenvalue weighted by Crippen LogP contribution is -2.34. The molecule has 0 N–H and O–H groups in total. The van der Waals surface area contributed by atoms with Crippen molar-refractivity contribution in [3.8, 4) is 11.9 Å². The second kappa shape index (κ2) is 7.24. The van der Waals surface area contributed by atoms with Gasteiger partial charge in [-0.05, 0) is 38.2 Å². The van der Waals surface area contributed by atoms with E-state index >= 15 is 0 Å². The molecule has 0 spiro atoms. The first kappa shape index (κ1) is 18.7. The van der Waals surface area contributed by atoms with Crippen LogP contribution in [0.25, 0.3) is 0 Å². The molecule has 0 unspecified atom stereocenters. The first-order valence-corrected chi connectivity index (χ1v) is 9.32. The molecule has 3 heterocycles. The normalized spacial score (nSPS) is 18.5. The molecule has 0 radical (unpaired) electrons. The van der Waals surface area contributed by atoms with Crippen LogP contribution in [0.1, 0.15) is 68.8 Å². The third kappa shape index (κ3) is 3.68. The summed E-state index contributed by atoms with van der Waals surface area (Å²) in [6, 6.07) is 2.25. The number of nitrogens with zero attached hydrogens (tertiary/aromatic N) is 3. The number of amides is 1. The first-order chi connectivity index (χ1) is 12.3. The second-order valence-corrected chi connectivity index (χ2v) is 8.00. The summed E-state index contributed by atoms with van der Waals surface area (Å²) in [6.07, 6.45) is 2.71. The van der Waals surface area contributed by atoms with E-state index in [1.807, 2.05) is 18.7 Å². The molecular formula is C20H27N3O3. The first-order valence-electron chi connectivity index (χ1n) is 9.32. The highest BCUT2D eigenvalue weighted by Gasteiger charge is 2.33. The molecule has 1 aromatic heterocycles. The molecule has 26 heavy (non-hydrogen) atoms. The van der Waals surface area contributed by atoms with Gasteiger partial charge in [0.05, 0.1) is 17.9 Å². The number of hydrogen-bond acceptors (Lipinski definition) is 5. The molecule has 2 aliphatic heterocycles. The maximum Gasteiger partial charge on any atom is 0.260 e. The minimum atomic E-state index is -0.336. The van der Waals surface area contributed by atoms with E-state index in [1.54, 1.807) is 0 Å². The van der Waals surface area contributed by atoms with Crippen LogP contribution in [0.15, 0.2) is 0 Å². The minimum absolute atomic E-state index is 0.0410. The Kier molecular flexibility index (Phi) is 5.19. The topological polar surface area (TPSA) is 75.5 Å². The Hall–Kier alpha value is -2.13. The zero-order valence-electron chi connectivity index (χ0n) is 16.1. The summed E-state index contributed by atoms with van der Waals surface area (Å²) in [6.45, 7) is 10.1. The highest BCUT2D eigenvalue weighted by molar-refractivity contribution is 5.78. The van der Waals surface area contributed by atoms with Crippen LogP contribution in [0.4, 0.5) is 0 Å². The molecule has 0 aromatic carbocycles. The van der Waals surface area contributed by atoms with Gasteiger partial charge in [0.25, 0.3) is 5.91 Å². The van der Waals surface area contributed by atoms with Crippen LogP contribution in [0.3, 0.4) is 0 Å². The largest absolute Gasteiger partial charge is 0.467 e. The Balaban J connectivity index is 1.93. The van der Waals surface area contributed by atoms with Gasteiger partial charge in [-0.2, -0.15) is 5.26 Å². The molecule has 140 valence electrons. The Morgan fingerprint density at radius 2 is 2.04 bits per heavy atom. The van der Waals surface area contributed by atoms with Crippen LogP contribution >= 0.6 is 0 Å².